The summed E-state index contributed by atoms with van der Waals surface area (Å²) in [5.74, 6) is 2.13. The topological polar surface area (TPSA) is 66.9 Å². The minimum atomic E-state index is -0.135. The van der Waals surface area contributed by atoms with E-state index in [9.17, 15) is 4.79 Å². The predicted octanol–water partition coefficient (Wildman–Crippen LogP) is 2.46. The minimum absolute atomic E-state index is 0.135. The summed E-state index contributed by atoms with van der Waals surface area (Å²) in [4.78, 5) is 11.9. The number of aromatic nitrogens is 2. The van der Waals surface area contributed by atoms with Gasteiger partial charge in [-0.3, -0.25) is 4.79 Å². The quantitative estimate of drug-likeness (QED) is 0.867. The molecule has 1 aliphatic rings. The first kappa shape index (κ1) is 14.8. The standard InChI is InChI=1S/C15H24N4O/c1-11-4-3-5-12(10-11)8-9-17-15(20)13-6-7-14(16-2)19-18-13/h6-7,11-12H,3-5,8-10H2,1-2H3,(H,16,19)(H,17,20). The molecule has 1 aromatic heterocycles. The zero-order valence-corrected chi connectivity index (χ0v) is 12.4. The third-order valence-corrected chi connectivity index (χ3v) is 4.04. The normalized spacial score (nSPS) is 22.3. The SMILES string of the molecule is CNc1ccc(C(=O)NCCC2CCCC(C)C2)nn1. The van der Waals surface area contributed by atoms with Crippen LogP contribution in [0.4, 0.5) is 5.82 Å². The maximum absolute atomic E-state index is 11.9. The fourth-order valence-electron chi connectivity index (χ4n) is 2.89. The molecule has 0 saturated heterocycles. The van der Waals surface area contributed by atoms with Gasteiger partial charge in [-0.05, 0) is 36.8 Å². The molecule has 1 aromatic rings. The molecule has 5 heteroatoms. The molecule has 1 saturated carbocycles. The van der Waals surface area contributed by atoms with Crippen molar-refractivity contribution in [2.75, 3.05) is 18.9 Å². The highest BCUT2D eigenvalue weighted by Gasteiger charge is 2.18. The molecule has 2 atom stereocenters. The van der Waals surface area contributed by atoms with Gasteiger partial charge in [0.15, 0.2) is 5.69 Å². The number of carbonyl (C=O) groups is 1. The molecule has 1 heterocycles. The monoisotopic (exact) mass is 276 g/mol. The van der Waals surface area contributed by atoms with Crippen molar-refractivity contribution in [1.29, 1.82) is 0 Å². The lowest BCUT2D eigenvalue weighted by Gasteiger charge is -2.26. The van der Waals surface area contributed by atoms with E-state index >= 15 is 0 Å². The van der Waals surface area contributed by atoms with Gasteiger partial charge in [-0.25, -0.2) is 0 Å². The second-order valence-electron chi connectivity index (χ2n) is 5.74. The van der Waals surface area contributed by atoms with E-state index in [0.29, 0.717) is 11.5 Å². The Kier molecular flexibility index (Phi) is 5.32. The van der Waals surface area contributed by atoms with Crippen molar-refractivity contribution in [3.63, 3.8) is 0 Å². The van der Waals surface area contributed by atoms with Crippen LogP contribution >= 0.6 is 0 Å². The Morgan fingerprint density at radius 2 is 2.20 bits per heavy atom. The Labute approximate surface area is 120 Å². The van der Waals surface area contributed by atoms with E-state index < -0.39 is 0 Å². The van der Waals surface area contributed by atoms with Gasteiger partial charge in [-0.1, -0.05) is 26.2 Å². The molecular formula is C15H24N4O. The minimum Gasteiger partial charge on any atom is -0.372 e. The number of rotatable bonds is 5. The molecule has 2 rings (SSSR count). The van der Waals surface area contributed by atoms with Crippen LogP contribution in [-0.2, 0) is 0 Å². The molecule has 1 amide bonds. The van der Waals surface area contributed by atoms with Gasteiger partial charge >= 0.3 is 0 Å². The van der Waals surface area contributed by atoms with Crippen molar-refractivity contribution < 1.29 is 4.79 Å². The number of carbonyl (C=O) groups excluding carboxylic acids is 1. The van der Waals surface area contributed by atoms with Gasteiger partial charge in [-0.2, -0.15) is 0 Å². The fraction of sp³-hybridized carbons (Fsp3) is 0.667. The molecule has 2 unspecified atom stereocenters. The first-order valence-corrected chi connectivity index (χ1v) is 7.48. The lowest BCUT2D eigenvalue weighted by Crippen LogP contribution is -2.28. The Bertz CT molecular complexity index is 432. The van der Waals surface area contributed by atoms with Crippen LogP contribution < -0.4 is 10.6 Å². The Hall–Kier alpha value is -1.65. The van der Waals surface area contributed by atoms with Crippen LogP contribution in [0.3, 0.4) is 0 Å². The molecule has 20 heavy (non-hydrogen) atoms. The predicted molar refractivity (Wildman–Crippen MR) is 79.7 cm³/mol. The molecule has 110 valence electrons. The van der Waals surface area contributed by atoms with Crippen molar-refractivity contribution in [1.82, 2.24) is 15.5 Å². The summed E-state index contributed by atoms with van der Waals surface area (Å²) in [5, 5.41) is 13.6. The summed E-state index contributed by atoms with van der Waals surface area (Å²) in [7, 11) is 1.77. The van der Waals surface area contributed by atoms with E-state index in [0.717, 1.165) is 24.8 Å². The number of hydrogen-bond acceptors (Lipinski definition) is 4. The maximum atomic E-state index is 11.9. The number of nitrogens with zero attached hydrogens (tertiary/aromatic N) is 2. The molecule has 0 radical (unpaired) electrons. The zero-order chi connectivity index (χ0) is 14.4. The van der Waals surface area contributed by atoms with Crippen molar-refractivity contribution in [2.45, 2.75) is 39.0 Å². The number of anilines is 1. The van der Waals surface area contributed by atoms with Gasteiger partial charge in [0.2, 0.25) is 0 Å². The van der Waals surface area contributed by atoms with Crippen LogP contribution in [0.2, 0.25) is 0 Å². The lowest BCUT2D eigenvalue weighted by atomic mass is 9.81. The summed E-state index contributed by atoms with van der Waals surface area (Å²) in [6.07, 6.45) is 6.36. The highest BCUT2D eigenvalue weighted by Crippen LogP contribution is 2.30. The second-order valence-corrected chi connectivity index (χ2v) is 5.74. The summed E-state index contributed by atoms with van der Waals surface area (Å²) in [6.45, 7) is 3.05. The van der Waals surface area contributed by atoms with Gasteiger partial charge in [0, 0.05) is 13.6 Å². The number of hydrogen-bond donors (Lipinski definition) is 2. The van der Waals surface area contributed by atoms with Crippen LogP contribution in [0.15, 0.2) is 12.1 Å². The first-order valence-electron chi connectivity index (χ1n) is 7.48. The molecule has 1 fully saturated rings. The third-order valence-electron chi connectivity index (χ3n) is 4.04. The lowest BCUT2D eigenvalue weighted by molar-refractivity contribution is 0.0943. The van der Waals surface area contributed by atoms with Gasteiger partial charge in [0.25, 0.3) is 5.91 Å². The molecular weight excluding hydrogens is 252 g/mol. The van der Waals surface area contributed by atoms with Crippen LogP contribution in [0, 0.1) is 11.8 Å². The molecule has 0 bridgehead atoms. The van der Waals surface area contributed by atoms with Gasteiger partial charge < -0.3 is 10.6 Å². The third kappa shape index (κ3) is 4.18. The van der Waals surface area contributed by atoms with E-state index in [1.165, 1.54) is 25.7 Å². The first-order chi connectivity index (χ1) is 9.69. The van der Waals surface area contributed by atoms with Crippen LogP contribution in [0.1, 0.15) is 49.5 Å². The van der Waals surface area contributed by atoms with Crippen molar-refractivity contribution >= 4 is 11.7 Å². The number of nitrogens with one attached hydrogen (secondary N) is 2. The molecule has 5 nitrogen and oxygen atoms in total. The average molecular weight is 276 g/mol. The van der Waals surface area contributed by atoms with Crippen LogP contribution in [0.25, 0.3) is 0 Å². The van der Waals surface area contributed by atoms with Gasteiger partial charge in [0.1, 0.15) is 5.82 Å². The Morgan fingerprint density at radius 1 is 1.35 bits per heavy atom. The Balaban J connectivity index is 1.74. The van der Waals surface area contributed by atoms with E-state index in [2.05, 4.69) is 27.8 Å². The van der Waals surface area contributed by atoms with E-state index in [1.54, 1.807) is 19.2 Å². The fourth-order valence-corrected chi connectivity index (χ4v) is 2.89. The maximum Gasteiger partial charge on any atom is 0.271 e. The van der Waals surface area contributed by atoms with Crippen molar-refractivity contribution in [3.05, 3.63) is 17.8 Å². The molecule has 2 N–H and O–H groups in total. The van der Waals surface area contributed by atoms with Crippen LogP contribution in [0.5, 0.6) is 0 Å². The highest BCUT2D eigenvalue weighted by molar-refractivity contribution is 5.92. The molecule has 0 aromatic carbocycles. The summed E-state index contributed by atoms with van der Waals surface area (Å²) in [5.41, 5.74) is 0.376. The Morgan fingerprint density at radius 3 is 2.85 bits per heavy atom. The molecule has 0 aliphatic heterocycles. The van der Waals surface area contributed by atoms with Crippen molar-refractivity contribution in [2.24, 2.45) is 11.8 Å². The van der Waals surface area contributed by atoms with E-state index in [4.69, 9.17) is 0 Å². The summed E-state index contributed by atoms with van der Waals surface area (Å²) in [6, 6.07) is 3.45. The van der Waals surface area contributed by atoms with E-state index in [-0.39, 0.29) is 5.91 Å². The van der Waals surface area contributed by atoms with Gasteiger partial charge in [-0.15, -0.1) is 10.2 Å². The van der Waals surface area contributed by atoms with E-state index in [1.807, 2.05) is 0 Å². The second kappa shape index (κ2) is 7.22. The number of amides is 1. The average Bonchev–Trinajstić information content (AvgIpc) is 2.47. The zero-order valence-electron chi connectivity index (χ0n) is 12.4. The summed E-state index contributed by atoms with van der Waals surface area (Å²) < 4.78 is 0. The van der Waals surface area contributed by atoms with Crippen LogP contribution in [-0.4, -0.2) is 29.7 Å². The highest BCUT2D eigenvalue weighted by atomic mass is 16.1. The molecule has 1 aliphatic carbocycles. The smallest absolute Gasteiger partial charge is 0.271 e. The summed E-state index contributed by atoms with van der Waals surface area (Å²) >= 11 is 0. The largest absolute Gasteiger partial charge is 0.372 e. The van der Waals surface area contributed by atoms with Gasteiger partial charge in [0.05, 0.1) is 0 Å². The molecule has 0 spiro atoms. The van der Waals surface area contributed by atoms with Crippen molar-refractivity contribution in [3.8, 4) is 0 Å².